The molecule has 1 aliphatic heterocycles. The van der Waals surface area contributed by atoms with Gasteiger partial charge in [-0.15, -0.1) is 0 Å². The van der Waals surface area contributed by atoms with Crippen LogP contribution in [0.3, 0.4) is 0 Å². The van der Waals surface area contributed by atoms with E-state index in [-0.39, 0.29) is 19.1 Å². The Balaban J connectivity index is 1.38. The fourth-order valence-electron chi connectivity index (χ4n) is 3.37. The van der Waals surface area contributed by atoms with Crippen LogP contribution < -0.4 is 4.74 Å². The minimum absolute atomic E-state index is 0.159. The maximum atomic E-state index is 12.7. The lowest BCUT2D eigenvalue weighted by Gasteiger charge is -2.38. The average Bonchev–Trinajstić information content (AvgIpc) is 3.38. The maximum Gasteiger partial charge on any atom is 0.276 e. The van der Waals surface area contributed by atoms with E-state index in [0.717, 1.165) is 36.3 Å². The zero-order chi connectivity index (χ0) is 18.1. The van der Waals surface area contributed by atoms with E-state index < -0.39 is 5.60 Å². The van der Waals surface area contributed by atoms with Crippen molar-refractivity contribution in [2.75, 3.05) is 19.7 Å². The molecule has 2 heterocycles. The molecule has 1 aromatic heterocycles. The molecule has 1 aliphatic carbocycles. The largest absolute Gasteiger partial charge is 0.491 e. The van der Waals surface area contributed by atoms with E-state index in [0.29, 0.717) is 24.6 Å². The molecule has 1 N–H and O–H groups in total. The van der Waals surface area contributed by atoms with E-state index in [1.54, 1.807) is 11.0 Å². The molecular weight excluding hydrogens is 332 g/mol. The van der Waals surface area contributed by atoms with Gasteiger partial charge >= 0.3 is 0 Å². The Bertz CT molecular complexity index is 781. The van der Waals surface area contributed by atoms with Crippen molar-refractivity contribution in [1.29, 1.82) is 0 Å². The first-order valence-electron chi connectivity index (χ1n) is 9.20. The first kappa shape index (κ1) is 17.1. The number of rotatable bonds is 5. The number of carbonyl (C=O) groups is 1. The van der Waals surface area contributed by atoms with Crippen molar-refractivity contribution >= 4 is 5.91 Å². The van der Waals surface area contributed by atoms with Crippen LogP contribution in [0.2, 0.25) is 0 Å². The van der Waals surface area contributed by atoms with Gasteiger partial charge in [0, 0.05) is 18.5 Å². The average molecular weight is 356 g/mol. The lowest BCUT2D eigenvalue weighted by Crippen LogP contribution is -2.53. The van der Waals surface area contributed by atoms with Crippen molar-refractivity contribution in [2.45, 2.75) is 44.1 Å². The summed E-state index contributed by atoms with van der Waals surface area (Å²) in [4.78, 5) is 14.4. The van der Waals surface area contributed by atoms with Gasteiger partial charge in [-0.2, -0.15) is 0 Å². The summed E-state index contributed by atoms with van der Waals surface area (Å²) in [5, 5.41) is 14.8. The van der Waals surface area contributed by atoms with Gasteiger partial charge in [-0.25, -0.2) is 0 Å². The van der Waals surface area contributed by atoms with Gasteiger partial charge < -0.3 is 19.3 Å². The van der Waals surface area contributed by atoms with Crippen LogP contribution in [0.1, 0.15) is 53.4 Å². The molecule has 1 saturated heterocycles. The number of hydrogen-bond acceptors (Lipinski definition) is 5. The fraction of sp³-hybridized carbons (Fsp3) is 0.500. The molecule has 1 aromatic carbocycles. The standard InChI is InChI=1S/C20H24N2O4/c1-14-3-7-16(8-4-14)25-13-20(24)9-2-10-22(12-20)19(23)17-11-18(26-21-17)15-5-6-15/h3-4,7-8,11,15,24H,2,5-6,9-10,12-13H2,1H3. The van der Waals surface area contributed by atoms with E-state index in [1.165, 1.54) is 0 Å². The zero-order valence-electron chi connectivity index (χ0n) is 15.0. The Hall–Kier alpha value is -2.34. The lowest BCUT2D eigenvalue weighted by atomic mass is 9.93. The van der Waals surface area contributed by atoms with Gasteiger partial charge in [0.1, 0.15) is 23.7 Å². The van der Waals surface area contributed by atoms with E-state index in [1.807, 2.05) is 31.2 Å². The normalized spacial score (nSPS) is 23.1. The van der Waals surface area contributed by atoms with Crippen LogP contribution in [0.15, 0.2) is 34.9 Å². The highest BCUT2D eigenvalue weighted by atomic mass is 16.5. The van der Waals surface area contributed by atoms with Gasteiger partial charge in [0.25, 0.3) is 5.91 Å². The van der Waals surface area contributed by atoms with Gasteiger partial charge in [-0.05, 0) is 44.7 Å². The number of amides is 1. The van der Waals surface area contributed by atoms with Gasteiger partial charge in [-0.1, -0.05) is 22.9 Å². The number of benzene rings is 1. The molecule has 26 heavy (non-hydrogen) atoms. The summed E-state index contributed by atoms with van der Waals surface area (Å²) < 4.78 is 11.0. The van der Waals surface area contributed by atoms with Gasteiger partial charge in [-0.3, -0.25) is 4.79 Å². The molecule has 4 rings (SSSR count). The molecule has 2 aliphatic rings. The number of carbonyl (C=O) groups excluding carboxylic acids is 1. The van der Waals surface area contributed by atoms with Crippen molar-refractivity contribution in [3.05, 3.63) is 47.3 Å². The number of piperidine rings is 1. The van der Waals surface area contributed by atoms with Gasteiger partial charge in [0.05, 0.1) is 6.54 Å². The van der Waals surface area contributed by atoms with Crippen LogP contribution in [0, 0.1) is 6.92 Å². The summed E-state index contributed by atoms with van der Waals surface area (Å²) in [7, 11) is 0. The Labute approximate surface area is 152 Å². The molecule has 0 radical (unpaired) electrons. The Morgan fingerprint density at radius 2 is 2.15 bits per heavy atom. The zero-order valence-corrected chi connectivity index (χ0v) is 15.0. The number of aliphatic hydroxyl groups is 1. The molecule has 1 saturated carbocycles. The van der Waals surface area contributed by atoms with Gasteiger partial charge in [0.15, 0.2) is 5.69 Å². The molecule has 0 spiro atoms. The van der Waals surface area contributed by atoms with Crippen molar-refractivity contribution in [1.82, 2.24) is 10.1 Å². The number of nitrogens with zero attached hydrogens (tertiary/aromatic N) is 2. The second-order valence-electron chi connectivity index (χ2n) is 7.55. The molecule has 1 amide bonds. The fourth-order valence-corrected chi connectivity index (χ4v) is 3.37. The number of hydrogen-bond donors (Lipinski definition) is 1. The molecule has 0 bridgehead atoms. The molecule has 1 atom stereocenters. The molecule has 1 unspecified atom stereocenters. The minimum Gasteiger partial charge on any atom is -0.491 e. The van der Waals surface area contributed by atoms with E-state index in [4.69, 9.17) is 9.26 Å². The number of β-amino-alcohol motifs (C(OH)–C–C–N with tert-alkyl or cyclic N) is 1. The summed E-state index contributed by atoms with van der Waals surface area (Å²) >= 11 is 0. The molecule has 6 heteroatoms. The van der Waals surface area contributed by atoms with E-state index in [9.17, 15) is 9.90 Å². The SMILES string of the molecule is Cc1ccc(OCC2(O)CCCN(C(=O)c3cc(C4CC4)on3)C2)cc1. The van der Waals surface area contributed by atoms with Crippen molar-refractivity contribution < 1.29 is 19.2 Å². The highest BCUT2D eigenvalue weighted by Crippen LogP contribution is 2.40. The van der Waals surface area contributed by atoms with E-state index in [2.05, 4.69) is 5.16 Å². The predicted octanol–water partition coefficient (Wildman–Crippen LogP) is 2.91. The molecule has 138 valence electrons. The number of ether oxygens (including phenoxy) is 1. The number of likely N-dealkylation sites (tertiary alicyclic amines) is 1. The molecule has 6 nitrogen and oxygen atoms in total. The molecule has 2 fully saturated rings. The van der Waals surface area contributed by atoms with Crippen molar-refractivity contribution in [2.24, 2.45) is 0 Å². The van der Waals surface area contributed by atoms with Crippen LogP contribution in [-0.2, 0) is 0 Å². The molecular formula is C20H24N2O4. The summed E-state index contributed by atoms with van der Waals surface area (Å²) in [5.41, 5.74) is 0.432. The Kier molecular flexibility index (Phi) is 4.44. The first-order chi connectivity index (χ1) is 12.5. The summed E-state index contributed by atoms with van der Waals surface area (Å²) in [6.45, 7) is 3.02. The Morgan fingerprint density at radius 1 is 1.38 bits per heavy atom. The van der Waals surface area contributed by atoms with Crippen molar-refractivity contribution in [3.8, 4) is 5.75 Å². The van der Waals surface area contributed by atoms with Crippen LogP contribution in [0.4, 0.5) is 0 Å². The second-order valence-corrected chi connectivity index (χ2v) is 7.55. The van der Waals surface area contributed by atoms with Gasteiger partial charge in [0.2, 0.25) is 0 Å². The quantitative estimate of drug-likeness (QED) is 0.891. The third kappa shape index (κ3) is 3.75. The topological polar surface area (TPSA) is 75.8 Å². The first-order valence-corrected chi connectivity index (χ1v) is 9.20. The highest BCUT2D eigenvalue weighted by molar-refractivity contribution is 5.92. The second kappa shape index (κ2) is 6.76. The van der Waals surface area contributed by atoms with Crippen LogP contribution in [-0.4, -0.2) is 46.4 Å². The van der Waals surface area contributed by atoms with Crippen LogP contribution in [0.25, 0.3) is 0 Å². The number of aryl methyl sites for hydroxylation is 1. The summed E-state index contributed by atoms with van der Waals surface area (Å²) in [6, 6.07) is 9.46. The predicted molar refractivity (Wildman–Crippen MR) is 95.2 cm³/mol. The third-order valence-corrected chi connectivity index (χ3v) is 5.10. The van der Waals surface area contributed by atoms with Crippen LogP contribution >= 0.6 is 0 Å². The highest BCUT2D eigenvalue weighted by Gasteiger charge is 2.37. The molecule has 2 aromatic rings. The lowest BCUT2D eigenvalue weighted by molar-refractivity contribution is -0.0533. The van der Waals surface area contributed by atoms with Crippen molar-refractivity contribution in [3.63, 3.8) is 0 Å². The van der Waals surface area contributed by atoms with Crippen LogP contribution in [0.5, 0.6) is 5.75 Å². The van der Waals surface area contributed by atoms with E-state index >= 15 is 0 Å². The minimum atomic E-state index is -1.05. The third-order valence-electron chi connectivity index (χ3n) is 5.10. The Morgan fingerprint density at radius 3 is 2.88 bits per heavy atom. The smallest absolute Gasteiger partial charge is 0.276 e. The summed E-state index contributed by atoms with van der Waals surface area (Å²) in [6.07, 6.45) is 3.53. The monoisotopic (exact) mass is 356 g/mol. The summed E-state index contributed by atoms with van der Waals surface area (Å²) in [5.74, 6) is 1.75. The maximum absolute atomic E-state index is 12.7. The number of aromatic nitrogens is 1.